The fourth-order valence-corrected chi connectivity index (χ4v) is 0.714. The number of aliphatic carboxylic acids is 3. The SMILES string of the molecule is O=C(O)CC(O)(CC(=O)O)C(=O)O.[Mn].[Mn].[Mn]. The number of hydrogen-bond donors (Lipinski definition) is 4. The zero-order valence-electron chi connectivity index (χ0n) is 7.56. The Kier molecular flexibility index (Phi) is 15.8. The van der Waals surface area contributed by atoms with E-state index in [1.165, 1.54) is 0 Å². The number of hydrogen-bond acceptors (Lipinski definition) is 4. The largest absolute Gasteiger partial charge is 0.481 e. The number of aliphatic hydroxyl groups is 1. The molecule has 0 fully saturated rings. The minimum absolute atomic E-state index is 0. The van der Waals surface area contributed by atoms with Gasteiger partial charge in [0.25, 0.3) is 0 Å². The second kappa shape index (κ2) is 10.1. The van der Waals surface area contributed by atoms with Gasteiger partial charge in [-0.15, -0.1) is 0 Å². The van der Waals surface area contributed by atoms with Gasteiger partial charge >= 0.3 is 17.9 Å². The summed E-state index contributed by atoms with van der Waals surface area (Å²) < 4.78 is 0. The first-order chi connectivity index (χ1) is 5.78. The van der Waals surface area contributed by atoms with Gasteiger partial charge in [-0.05, 0) is 0 Å². The van der Waals surface area contributed by atoms with Crippen molar-refractivity contribution in [1.29, 1.82) is 0 Å². The van der Waals surface area contributed by atoms with Crippen LogP contribution in [0.25, 0.3) is 0 Å². The van der Waals surface area contributed by atoms with Crippen LogP contribution in [0.3, 0.4) is 0 Å². The predicted molar refractivity (Wildman–Crippen MR) is 37.1 cm³/mol. The average Bonchev–Trinajstić information content (AvgIpc) is 1.82. The molecule has 95 valence electrons. The van der Waals surface area contributed by atoms with Crippen molar-refractivity contribution in [2.75, 3.05) is 0 Å². The van der Waals surface area contributed by atoms with Crippen molar-refractivity contribution < 1.29 is 86.0 Å². The third kappa shape index (κ3) is 9.18. The van der Waals surface area contributed by atoms with E-state index in [2.05, 4.69) is 0 Å². The summed E-state index contributed by atoms with van der Waals surface area (Å²) in [6.07, 6.45) is -2.29. The van der Waals surface area contributed by atoms with Crippen molar-refractivity contribution in [3.63, 3.8) is 0 Å². The molecule has 4 N–H and O–H groups in total. The molecule has 0 bridgehead atoms. The first kappa shape index (κ1) is 24.9. The summed E-state index contributed by atoms with van der Waals surface area (Å²) in [6, 6.07) is 0. The van der Waals surface area contributed by atoms with Crippen molar-refractivity contribution in [3.05, 3.63) is 0 Å². The van der Waals surface area contributed by atoms with E-state index in [0.717, 1.165) is 0 Å². The van der Waals surface area contributed by atoms with E-state index >= 15 is 0 Å². The van der Waals surface area contributed by atoms with Gasteiger partial charge in [-0.2, -0.15) is 0 Å². The van der Waals surface area contributed by atoms with Crippen molar-refractivity contribution in [3.8, 4) is 0 Å². The Labute approximate surface area is 122 Å². The van der Waals surface area contributed by atoms with E-state index in [9.17, 15) is 14.4 Å². The molecule has 0 aliphatic rings. The normalized spacial score (nSPS) is 8.81. The molecule has 0 spiro atoms. The van der Waals surface area contributed by atoms with Crippen LogP contribution in [-0.2, 0) is 65.6 Å². The molecule has 0 aromatic rings. The molecule has 0 saturated heterocycles. The van der Waals surface area contributed by atoms with Gasteiger partial charge in [-0.25, -0.2) is 4.79 Å². The van der Waals surface area contributed by atoms with Crippen molar-refractivity contribution >= 4 is 17.9 Å². The molecule has 0 amide bonds. The number of rotatable bonds is 5. The monoisotopic (exact) mass is 357 g/mol. The average molecular weight is 357 g/mol. The van der Waals surface area contributed by atoms with E-state index in [4.69, 9.17) is 20.4 Å². The van der Waals surface area contributed by atoms with Crippen LogP contribution in [0.2, 0.25) is 0 Å². The Morgan fingerprint density at radius 1 is 0.812 bits per heavy atom. The first-order valence-corrected chi connectivity index (χ1v) is 3.17. The maximum atomic E-state index is 10.3. The number of carbonyl (C=O) groups is 3. The topological polar surface area (TPSA) is 132 Å². The summed E-state index contributed by atoms with van der Waals surface area (Å²) in [7, 11) is 0. The van der Waals surface area contributed by atoms with Crippen molar-refractivity contribution in [2.45, 2.75) is 18.4 Å². The van der Waals surface area contributed by atoms with Crippen LogP contribution >= 0.6 is 0 Å². The van der Waals surface area contributed by atoms with Crippen LogP contribution in [0.1, 0.15) is 12.8 Å². The van der Waals surface area contributed by atoms with E-state index in [-0.39, 0.29) is 51.2 Å². The molecule has 0 heterocycles. The summed E-state index contributed by atoms with van der Waals surface area (Å²) in [6.45, 7) is 0. The summed E-state index contributed by atoms with van der Waals surface area (Å²) in [4.78, 5) is 30.5. The van der Waals surface area contributed by atoms with E-state index in [1.807, 2.05) is 0 Å². The molecule has 0 aromatic carbocycles. The Morgan fingerprint density at radius 3 is 1.19 bits per heavy atom. The number of carboxylic acid groups (broad SMARTS) is 3. The molecule has 0 aliphatic carbocycles. The zero-order chi connectivity index (χ0) is 10.6. The molecule has 7 nitrogen and oxygen atoms in total. The van der Waals surface area contributed by atoms with E-state index in [1.54, 1.807) is 0 Å². The van der Waals surface area contributed by atoms with Crippen LogP contribution < -0.4 is 0 Å². The molecule has 10 heteroatoms. The van der Waals surface area contributed by atoms with Gasteiger partial charge in [-0.3, -0.25) is 9.59 Å². The quantitative estimate of drug-likeness (QED) is 0.452. The van der Waals surface area contributed by atoms with Gasteiger partial charge in [-0.1, -0.05) is 0 Å². The van der Waals surface area contributed by atoms with Crippen LogP contribution in [0.5, 0.6) is 0 Å². The summed E-state index contributed by atoms with van der Waals surface area (Å²) >= 11 is 0. The molecule has 0 saturated carbocycles. The Hall–Kier alpha value is -0.0716. The molecular weight excluding hydrogens is 349 g/mol. The van der Waals surface area contributed by atoms with Crippen LogP contribution in [0.15, 0.2) is 0 Å². The van der Waals surface area contributed by atoms with Gasteiger partial charge in [0.15, 0.2) is 5.60 Å². The van der Waals surface area contributed by atoms with Crippen LogP contribution in [0, 0.1) is 0 Å². The van der Waals surface area contributed by atoms with Gasteiger partial charge in [0.2, 0.25) is 0 Å². The third-order valence-corrected chi connectivity index (χ3v) is 1.29. The summed E-state index contributed by atoms with van der Waals surface area (Å²) in [5.74, 6) is -5.02. The maximum absolute atomic E-state index is 10.3. The van der Waals surface area contributed by atoms with E-state index in [0.29, 0.717) is 0 Å². The van der Waals surface area contributed by atoms with Gasteiger partial charge in [0.1, 0.15) is 0 Å². The third-order valence-electron chi connectivity index (χ3n) is 1.29. The molecule has 16 heavy (non-hydrogen) atoms. The van der Waals surface area contributed by atoms with Gasteiger partial charge in [0, 0.05) is 51.2 Å². The Bertz CT molecular complexity index is 239. The smallest absolute Gasteiger partial charge is 0.336 e. The van der Waals surface area contributed by atoms with Crippen LogP contribution in [0.4, 0.5) is 0 Å². The second-order valence-corrected chi connectivity index (χ2v) is 2.48. The maximum Gasteiger partial charge on any atom is 0.336 e. The van der Waals surface area contributed by atoms with E-state index < -0.39 is 36.4 Å². The minimum Gasteiger partial charge on any atom is -0.481 e. The Balaban J connectivity index is -0.000000240. The summed E-state index contributed by atoms with van der Waals surface area (Å²) in [5, 5.41) is 33.8. The molecule has 0 aromatic heterocycles. The molecule has 0 aliphatic heterocycles. The minimum atomic E-state index is -2.74. The van der Waals surface area contributed by atoms with Crippen LogP contribution in [-0.4, -0.2) is 43.9 Å². The predicted octanol–water partition coefficient (Wildman–Crippen LogP) is -1.26. The molecule has 0 rings (SSSR count). The second-order valence-electron chi connectivity index (χ2n) is 2.48. The molecular formula is C6H8Mn3O7. The van der Waals surface area contributed by atoms with Gasteiger partial charge < -0.3 is 20.4 Å². The van der Waals surface area contributed by atoms with Crippen molar-refractivity contribution in [1.82, 2.24) is 0 Å². The first-order valence-electron chi connectivity index (χ1n) is 3.17. The standard InChI is InChI=1S/C6H8O7.3Mn/c7-3(8)1-6(13,5(11)12)2-4(9)10;;;/h13H,1-2H2,(H,7,8)(H,9,10)(H,11,12);;;. The molecule has 0 unspecified atom stereocenters. The van der Waals surface area contributed by atoms with Crippen molar-refractivity contribution in [2.24, 2.45) is 0 Å². The number of carboxylic acids is 3. The Morgan fingerprint density at radius 2 is 1.06 bits per heavy atom. The fraction of sp³-hybridized carbons (Fsp3) is 0.500. The molecule has 0 atom stereocenters. The fourth-order valence-electron chi connectivity index (χ4n) is 0.714. The zero-order valence-corrected chi connectivity index (χ0v) is 11.1. The summed E-state index contributed by atoms with van der Waals surface area (Å²) in [5.41, 5.74) is -2.74. The molecule has 3 radical (unpaired) electrons. The van der Waals surface area contributed by atoms with Gasteiger partial charge in [0.05, 0.1) is 12.8 Å².